The summed E-state index contributed by atoms with van der Waals surface area (Å²) in [5, 5.41) is -0.445. The average Bonchev–Trinajstić information content (AvgIpc) is 2.14. The molecule has 1 heterocycles. The summed E-state index contributed by atoms with van der Waals surface area (Å²) in [7, 11) is 0. The van der Waals surface area contributed by atoms with Crippen LogP contribution in [0.4, 0.5) is 22.0 Å². The van der Waals surface area contributed by atoms with Crippen LogP contribution in [-0.2, 0) is 12.1 Å². The second-order valence-electron chi connectivity index (χ2n) is 2.80. The zero-order valence-corrected chi connectivity index (χ0v) is 8.97. The molecule has 0 aromatic carbocycles. The van der Waals surface area contributed by atoms with E-state index < -0.39 is 40.5 Å². The topological polar surface area (TPSA) is 12.9 Å². The third-order valence-corrected chi connectivity index (χ3v) is 2.21. The summed E-state index contributed by atoms with van der Waals surface area (Å²) in [6.07, 6.45) is -8.30. The van der Waals surface area contributed by atoms with Crippen LogP contribution in [-0.4, -0.2) is 4.98 Å². The zero-order valence-electron chi connectivity index (χ0n) is 7.45. The molecule has 0 amide bonds. The molecule has 0 bridgehead atoms. The lowest BCUT2D eigenvalue weighted by Crippen LogP contribution is -2.14. The summed E-state index contributed by atoms with van der Waals surface area (Å²) in [6, 6.07) is 0.823. The molecule has 0 fully saturated rings. The molecular weight excluding hydrogens is 276 g/mol. The minimum absolute atomic E-state index is 0.445. The molecule has 0 aliphatic heterocycles. The van der Waals surface area contributed by atoms with Gasteiger partial charge in [0.25, 0.3) is 6.43 Å². The molecule has 90 valence electrons. The number of hydrogen-bond donors (Lipinski definition) is 0. The molecule has 1 rings (SSSR count). The van der Waals surface area contributed by atoms with Gasteiger partial charge in [-0.3, -0.25) is 0 Å². The largest absolute Gasteiger partial charge is 0.418 e. The number of halogens is 7. The Morgan fingerprint density at radius 2 is 1.88 bits per heavy atom. The van der Waals surface area contributed by atoms with Gasteiger partial charge in [-0.25, -0.2) is 13.8 Å². The van der Waals surface area contributed by atoms with E-state index in [0.717, 1.165) is 6.07 Å². The van der Waals surface area contributed by atoms with Gasteiger partial charge in [0.15, 0.2) is 0 Å². The molecule has 1 aromatic rings. The molecule has 16 heavy (non-hydrogen) atoms. The van der Waals surface area contributed by atoms with Crippen LogP contribution >= 0.6 is 23.2 Å². The highest BCUT2D eigenvalue weighted by molar-refractivity contribution is 6.29. The average molecular weight is 280 g/mol. The summed E-state index contributed by atoms with van der Waals surface area (Å²) in [4.78, 5) is 2.98. The third-order valence-electron chi connectivity index (χ3n) is 1.73. The standard InChI is InChI=1S/C8H4Cl2F5N/c9-2-3-1-4(10)16-6(7(11)12)5(3)8(13,14)15/h1,7H,2H2. The Bertz CT molecular complexity index is 391. The van der Waals surface area contributed by atoms with Crippen molar-refractivity contribution < 1.29 is 22.0 Å². The molecule has 0 aliphatic carbocycles. The fraction of sp³-hybridized carbons (Fsp3) is 0.375. The molecule has 0 atom stereocenters. The highest BCUT2D eigenvalue weighted by Crippen LogP contribution is 2.39. The molecule has 1 aromatic heterocycles. The normalized spacial score (nSPS) is 12.2. The predicted octanol–water partition coefficient (Wildman–Crippen LogP) is 4.43. The van der Waals surface area contributed by atoms with Crippen LogP contribution in [0.3, 0.4) is 0 Å². The number of aromatic nitrogens is 1. The van der Waals surface area contributed by atoms with E-state index in [-0.39, 0.29) is 0 Å². The van der Waals surface area contributed by atoms with Gasteiger partial charge < -0.3 is 0 Å². The lowest BCUT2D eigenvalue weighted by atomic mass is 10.1. The molecule has 0 N–H and O–H groups in total. The molecule has 0 radical (unpaired) electrons. The van der Waals surface area contributed by atoms with Crippen molar-refractivity contribution in [2.45, 2.75) is 18.5 Å². The van der Waals surface area contributed by atoms with E-state index in [1.54, 1.807) is 0 Å². The lowest BCUT2D eigenvalue weighted by molar-refractivity contribution is -0.140. The Kier molecular flexibility index (Phi) is 3.96. The van der Waals surface area contributed by atoms with Crippen molar-refractivity contribution in [3.8, 4) is 0 Å². The first-order valence-corrected chi connectivity index (χ1v) is 4.79. The van der Waals surface area contributed by atoms with Crippen LogP contribution in [0.2, 0.25) is 5.15 Å². The fourth-order valence-corrected chi connectivity index (χ4v) is 1.61. The van der Waals surface area contributed by atoms with Crippen molar-refractivity contribution in [2.75, 3.05) is 0 Å². The van der Waals surface area contributed by atoms with E-state index in [9.17, 15) is 22.0 Å². The van der Waals surface area contributed by atoms with Gasteiger partial charge in [-0.15, -0.1) is 11.6 Å². The van der Waals surface area contributed by atoms with Gasteiger partial charge in [0.1, 0.15) is 10.8 Å². The molecule has 0 saturated heterocycles. The second-order valence-corrected chi connectivity index (χ2v) is 3.45. The van der Waals surface area contributed by atoms with Crippen LogP contribution in [0.1, 0.15) is 23.2 Å². The molecule has 1 nitrogen and oxygen atoms in total. The predicted molar refractivity (Wildman–Crippen MR) is 48.8 cm³/mol. The minimum atomic E-state index is -4.94. The van der Waals surface area contributed by atoms with Crippen molar-refractivity contribution in [3.63, 3.8) is 0 Å². The molecular formula is C8H4Cl2F5N. The van der Waals surface area contributed by atoms with Crippen molar-refractivity contribution >= 4 is 23.2 Å². The van der Waals surface area contributed by atoms with E-state index in [1.807, 2.05) is 0 Å². The van der Waals surface area contributed by atoms with Crippen LogP contribution in [0, 0.1) is 0 Å². The Morgan fingerprint density at radius 3 is 2.25 bits per heavy atom. The van der Waals surface area contributed by atoms with Crippen LogP contribution < -0.4 is 0 Å². The Hall–Kier alpha value is -0.620. The molecule has 8 heteroatoms. The molecule has 0 unspecified atom stereocenters. The summed E-state index contributed by atoms with van der Waals surface area (Å²) >= 11 is 10.6. The Morgan fingerprint density at radius 1 is 1.31 bits per heavy atom. The maximum absolute atomic E-state index is 12.5. The van der Waals surface area contributed by atoms with Gasteiger partial charge in [0, 0.05) is 5.88 Å². The van der Waals surface area contributed by atoms with Crippen molar-refractivity contribution in [2.24, 2.45) is 0 Å². The van der Waals surface area contributed by atoms with Gasteiger partial charge in [0.05, 0.1) is 5.56 Å². The number of pyridine rings is 1. The van der Waals surface area contributed by atoms with E-state index in [2.05, 4.69) is 4.98 Å². The van der Waals surface area contributed by atoms with E-state index >= 15 is 0 Å². The Balaban J connectivity index is 3.52. The zero-order chi connectivity index (χ0) is 12.5. The van der Waals surface area contributed by atoms with Gasteiger partial charge in [0.2, 0.25) is 0 Å². The van der Waals surface area contributed by atoms with Crippen LogP contribution in [0.5, 0.6) is 0 Å². The highest BCUT2D eigenvalue weighted by atomic mass is 35.5. The first-order chi connectivity index (χ1) is 7.27. The maximum Gasteiger partial charge on any atom is 0.418 e. The third kappa shape index (κ3) is 2.74. The van der Waals surface area contributed by atoms with Gasteiger partial charge in [-0.1, -0.05) is 11.6 Å². The van der Waals surface area contributed by atoms with E-state index in [4.69, 9.17) is 23.2 Å². The highest BCUT2D eigenvalue weighted by Gasteiger charge is 2.39. The van der Waals surface area contributed by atoms with Gasteiger partial charge in [-0.2, -0.15) is 13.2 Å². The Labute approximate surface area is 97.2 Å². The summed E-state index contributed by atoms with van der Waals surface area (Å²) in [5.74, 6) is -0.573. The number of rotatable bonds is 2. The summed E-state index contributed by atoms with van der Waals surface area (Å²) in [6.45, 7) is 0. The molecule has 0 saturated carbocycles. The fourth-order valence-electron chi connectivity index (χ4n) is 1.17. The van der Waals surface area contributed by atoms with E-state index in [0.29, 0.717) is 0 Å². The lowest BCUT2D eigenvalue weighted by Gasteiger charge is -2.15. The van der Waals surface area contributed by atoms with Crippen molar-refractivity contribution in [1.29, 1.82) is 0 Å². The SMILES string of the molecule is FC(F)c1nc(Cl)cc(CCl)c1C(F)(F)F. The number of hydrogen-bond acceptors (Lipinski definition) is 1. The first-order valence-electron chi connectivity index (χ1n) is 3.88. The summed E-state index contributed by atoms with van der Waals surface area (Å²) < 4.78 is 62.3. The van der Waals surface area contributed by atoms with Crippen molar-refractivity contribution in [1.82, 2.24) is 4.98 Å². The quantitative estimate of drug-likeness (QED) is 0.443. The summed E-state index contributed by atoms with van der Waals surface area (Å²) in [5.41, 5.74) is -3.41. The minimum Gasteiger partial charge on any atom is -0.234 e. The number of alkyl halides is 6. The van der Waals surface area contributed by atoms with Crippen molar-refractivity contribution in [3.05, 3.63) is 28.0 Å². The molecule has 0 spiro atoms. The first kappa shape index (κ1) is 13.4. The van der Waals surface area contributed by atoms with Gasteiger partial charge >= 0.3 is 6.18 Å². The van der Waals surface area contributed by atoms with Crippen LogP contribution in [0.25, 0.3) is 0 Å². The van der Waals surface area contributed by atoms with Crippen LogP contribution in [0.15, 0.2) is 6.07 Å². The smallest absolute Gasteiger partial charge is 0.234 e. The maximum atomic E-state index is 12.5. The van der Waals surface area contributed by atoms with E-state index in [1.165, 1.54) is 0 Å². The monoisotopic (exact) mass is 279 g/mol. The molecule has 0 aliphatic rings. The second kappa shape index (κ2) is 4.71. The van der Waals surface area contributed by atoms with Gasteiger partial charge in [-0.05, 0) is 11.6 Å². The number of nitrogens with zero attached hydrogens (tertiary/aromatic N) is 1.